The number of nitrogens with two attached hydrogens (primary N) is 1. The predicted molar refractivity (Wildman–Crippen MR) is 150 cm³/mol. The average Bonchev–Trinajstić information content (AvgIpc) is 3.34. The molecule has 0 unspecified atom stereocenters. The van der Waals surface area contributed by atoms with Gasteiger partial charge in [-0.1, -0.05) is 19.6 Å². The van der Waals surface area contributed by atoms with E-state index >= 15 is 0 Å². The molecule has 11 heteroatoms. The van der Waals surface area contributed by atoms with Crippen LogP contribution in [0.3, 0.4) is 0 Å². The number of nitrogens with one attached hydrogen (secondary N) is 3. The summed E-state index contributed by atoms with van der Waals surface area (Å²) in [5, 5.41) is 9.71. The molecule has 0 aliphatic carbocycles. The third-order valence-corrected chi connectivity index (χ3v) is 6.13. The summed E-state index contributed by atoms with van der Waals surface area (Å²) in [6.45, 7) is 8.70. The number of ether oxygens (including phenoxy) is 4. The van der Waals surface area contributed by atoms with Crippen molar-refractivity contribution in [3.63, 3.8) is 0 Å². The monoisotopic (exact) mass is 521 g/mol. The molecule has 0 bridgehead atoms. The van der Waals surface area contributed by atoms with Gasteiger partial charge in [-0.25, -0.2) is 9.98 Å². The van der Waals surface area contributed by atoms with Crippen molar-refractivity contribution in [1.82, 2.24) is 10.2 Å². The third-order valence-electron chi connectivity index (χ3n) is 6.13. The van der Waals surface area contributed by atoms with Crippen LogP contribution in [0.1, 0.15) is 12.5 Å². The molecule has 0 amide bonds. The van der Waals surface area contributed by atoms with Gasteiger partial charge in [0.2, 0.25) is 5.96 Å². The van der Waals surface area contributed by atoms with Gasteiger partial charge in [0.25, 0.3) is 0 Å². The first kappa shape index (κ1) is 26.7. The van der Waals surface area contributed by atoms with Gasteiger partial charge in [-0.05, 0) is 30.2 Å². The van der Waals surface area contributed by atoms with Gasteiger partial charge in [-0.15, -0.1) is 0 Å². The zero-order chi connectivity index (χ0) is 27.1. The van der Waals surface area contributed by atoms with Gasteiger partial charge < -0.3 is 45.5 Å². The molecular formula is C27H35N7O4. The van der Waals surface area contributed by atoms with E-state index in [1.54, 1.807) is 21.3 Å². The number of hydrogen-bond donors (Lipinski definition) is 4. The summed E-state index contributed by atoms with van der Waals surface area (Å²) in [7, 11) is 4.84. The van der Waals surface area contributed by atoms with Gasteiger partial charge >= 0.3 is 0 Å². The number of hydrogen-bond acceptors (Lipinski definition) is 10. The van der Waals surface area contributed by atoms with E-state index in [2.05, 4.69) is 34.4 Å². The molecular weight excluding hydrogens is 486 g/mol. The molecule has 4 rings (SSSR count). The highest BCUT2D eigenvalue weighted by atomic mass is 16.5. The summed E-state index contributed by atoms with van der Waals surface area (Å²) in [5.41, 5.74) is 9.76. The number of anilines is 2. The van der Waals surface area contributed by atoms with Crippen molar-refractivity contribution < 1.29 is 18.9 Å². The smallest absolute Gasteiger partial charge is 0.207 e. The van der Waals surface area contributed by atoms with Crippen LogP contribution in [0.15, 0.2) is 70.3 Å². The van der Waals surface area contributed by atoms with Crippen molar-refractivity contribution in [2.75, 3.05) is 58.3 Å². The second-order valence-electron chi connectivity index (χ2n) is 8.53. The maximum absolute atomic E-state index is 6.57. The van der Waals surface area contributed by atoms with Crippen LogP contribution >= 0.6 is 0 Å². The molecule has 1 saturated heterocycles. The van der Waals surface area contributed by atoms with E-state index in [0.29, 0.717) is 66.9 Å². The zero-order valence-corrected chi connectivity index (χ0v) is 22.3. The molecule has 2 aromatic rings. The number of benzene rings is 2. The number of guanidine groups is 1. The highest BCUT2D eigenvalue weighted by Gasteiger charge is 2.25. The summed E-state index contributed by atoms with van der Waals surface area (Å²) in [5.74, 6) is 3.87. The minimum atomic E-state index is 0.411. The number of morpholine rings is 1. The van der Waals surface area contributed by atoms with Gasteiger partial charge in [0.15, 0.2) is 17.3 Å². The van der Waals surface area contributed by atoms with E-state index in [9.17, 15) is 0 Å². The van der Waals surface area contributed by atoms with Gasteiger partial charge in [-0.3, -0.25) is 0 Å². The SMILES string of the molecule is C=C(/N=C1/NC(Nc2ccc(OC)c(OC)c2)=N/C1=C(/N)N1CCOCC1)Nc1ccc(CC)c(OC)c1. The lowest BCUT2D eigenvalue weighted by Crippen LogP contribution is -2.40. The van der Waals surface area contributed by atoms with Crippen molar-refractivity contribution in [1.29, 1.82) is 0 Å². The Hall–Kier alpha value is -4.38. The normalized spacial score (nSPS) is 17.4. The van der Waals surface area contributed by atoms with Gasteiger partial charge in [-0.2, -0.15) is 0 Å². The van der Waals surface area contributed by atoms with Crippen LogP contribution in [0.2, 0.25) is 0 Å². The fourth-order valence-corrected chi connectivity index (χ4v) is 4.13. The number of nitrogens with zero attached hydrogens (tertiary/aromatic N) is 3. The number of aliphatic imine (C=N–C) groups is 2. The maximum Gasteiger partial charge on any atom is 0.207 e. The molecule has 2 aliphatic rings. The van der Waals surface area contributed by atoms with E-state index in [1.165, 1.54) is 0 Å². The van der Waals surface area contributed by atoms with E-state index in [4.69, 9.17) is 29.7 Å². The van der Waals surface area contributed by atoms with Crippen molar-refractivity contribution in [3.05, 3.63) is 65.9 Å². The Morgan fingerprint density at radius 3 is 2.42 bits per heavy atom. The fourth-order valence-electron chi connectivity index (χ4n) is 4.13. The molecule has 0 spiro atoms. The van der Waals surface area contributed by atoms with Crippen molar-refractivity contribution >= 4 is 23.2 Å². The lowest BCUT2D eigenvalue weighted by Gasteiger charge is -2.29. The Balaban J connectivity index is 1.60. The number of aryl methyl sites for hydroxylation is 1. The molecule has 0 radical (unpaired) electrons. The second kappa shape index (κ2) is 12.2. The first-order valence-corrected chi connectivity index (χ1v) is 12.3. The first-order chi connectivity index (χ1) is 18.4. The summed E-state index contributed by atoms with van der Waals surface area (Å²) < 4.78 is 21.7. The van der Waals surface area contributed by atoms with Gasteiger partial charge in [0.05, 0.1) is 34.5 Å². The summed E-state index contributed by atoms with van der Waals surface area (Å²) in [6.07, 6.45) is 0.874. The Labute approximate surface area is 223 Å². The quantitative estimate of drug-likeness (QED) is 0.394. The summed E-state index contributed by atoms with van der Waals surface area (Å²) in [6, 6.07) is 11.4. The van der Waals surface area contributed by atoms with E-state index < -0.39 is 0 Å². The number of amidine groups is 1. The fraction of sp³-hybridized carbons (Fsp3) is 0.333. The minimum absolute atomic E-state index is 0.411. The molecule has 11 nitrogen and oxygen atoms in total. The molecule has 0 aromatic heterocycles. The largest absolute Gasteiger partial charge is 0.496 e. The highest BCUT2D eigenvalue weighted by Crippen LogP contribution is 2.30. The van der Waals surface area contributed by atoms with Crippen LogP contribution in [-0.2, 0) is 11.2 Å². The average molecular weight is 522 g/mol. The highest BCUT2D eigenvalue weighted by molar-refractivity contribution is 6.18. The van der Waals surface area contributed by atoms with Gasteiger partial charge in [0.1, 0.15) is 23.1 Å². The molecule has 2 aromatic carbocycles. The Bertz CT molecular complexity index is 1270. The van der Waals surface area contributed by atoms with Crippen LogP contribution in [0, 0.1) is 0 Å². The van der Waals surface area contributed by atoms with Crippen LogP contribution in [0.5, 0.6) is 17.2 Å². The molecule has 0 atom stereocenters. The lowest BCUT2D eigenvalue weighted by atomic mass is 10.1. The minimum Gasteiger partial charge on any atom is -0.496 e. The molecule has 38 heavy (non-hydrogen) atoms. The molecule has 5 N–H and O–H groups in total. The summed E-state index contributed by atoms with van der Waals surface area (Å²) >= 11 is 0. The Morgan fingerprint density at radius 2 is 1.74 bits per heavy atom. The van der Waals surface area contributed by atoms with Crippen molar-refractivity contribution in [3.8, 4) is 17.2 Å². The molecule has 2 aliphatic heterocycles. The van der Waals surface area contributed by atoms with Crippen molar-refractivity contribution in [2.24, 2.45) is 15.7 Å². The molecule has 0 saturated carbocycles. The third kappa shape index (κ3) is 6.12. The molecule has 1 fully saturated rings. The molecule has 2 heterocycles. The Kier molecular flexibility index (Phi) is 8.59. The van der Waals surface area contributed by atoms with Crippen LogP contribution in [0.25, 0.3) is 0 Å². The molecule has 202 valence electrons. The lowest BCUT2D eigenvalue weighted by molar-refractivity contribution is 0.0527. The maximum atomic E-state index is 6.57. The van der Waals surface area contributed by atoms with E-state index in [-0.39, 0.29) is 0 Å². The van der Waals surface area contributed by atoms with E-state index in [0.717, 1.165) is 29.1 Å². The second-order valence-corrected chi connectivity index (χ2v) is 8.53. The summed E-state index contributed by atoms with van der Waals surface area (Å²) in [4.78, 5) is 11.4. The Morgan fingerprint density at radius 1 is 1.05 bits per heavy atom. The van der Waals surface area contributed by atoms with E-state index in [1.807, 2.05) is 41.3 Å². The van der Waals surface area contributed by atoms with Gasteiger partial charge in [0, 0.05) is 36.6 Å². The predicted octanol–water partition coefficient (Wildman–Crippen LogP) is 3.09. The van der Waals surface area contributed by atoms with Crippen molar-refractivity contribution in [2.45, 2.75) is 13.3 Å². The number of methoxy groups -OCH3 is 3. The number of rotatable bonds is 9. The van der Waals surface area contributed by atoms with Crippen LogP contribution in [0.4, 0.5) is 11.4 Å². The zero-order valence-electron chi connectivity index (χ0n) is 22.3. The topological polar surface area (TPSA) is 127 Å². The first-order valence-electron chi connectivity index (χ1n) is 12.3. The van der Waals surface area contributed by atoms with Crippen LogP contribution < -0.4 is 35.9 Å². The standard InChI is InChI=1S/C27H35N7O4/c1-6-18-7-8-19(15-22(18)36-4)29-17(2)30-26-24(25(28)34-11-13-38-14-12-34)32-27(33-26)31-20-9-10-21(35-3)23(16-20)37-5/h7-10,15-16,29H,2,6,11-14,28H2,1,3-5H3,(H2,30,31,32,33)/b25-24-. The van der Waals surface area contributed by atoms with Crippen LogP contribution in [-0.4, -0.2) is 64.3 Å².